The van der Waals surface area contributed by atoms with Gasteiger partial charge >= 0.3 is 0 Å². The Kier molecular flexibility index (Phi) is 15.5. The fraction of sp³-hybridized carbons (Fsp3) is 1.00. The predicted molar refractivity (Wildman–Crippen MR) is 72.4 cm³/mol. The van der Waals surface area contributed by atoms with Crippen LogP contribution in [0.5, 0.6) is 0 Å². The van der Waals surface area contributed by atoms with Gasteiger partial charge in [0.2, 0.25) is 0 Å². The highest BCUT2D eigenvalue weighted by Crippen LogP contribution is 2.11. The van der Waals surface area contributed by atoms with Crippen LogP contribution in [0.1, 0.15) is 71.1 Å². The SMILES string of the molecule is CCCCCCCCCCCCOSOC. The molecular weight excluding hydrogens is 220 g/mol. The third-order valence-electron chi connectivity index (χ3n) is 2.70. The van der Waals surface area contributed by atoms with E-state index in [1.807, 2.05) is 0 Å². The normalized spacial score (nSPS) is 10.9. The molecule has 0 unspecified atom stereocenters. The molecule has 0 aromatic rings. The minimum absolute atomic E-state index is 0.814. The highest BCUT2D eigenvalue weighted by molar-refractivity contribution is 7.89. The number of hydrogen-bond acceptors (Lipinski definition) is 3. The Morgan fingerprint density at radius 3 is 1.75 bits per heavy atom. The van der Waals surface area contributed by atoms with Crippen molar-refractivity contribution >= 4 is 12.3 Å². The molecule has 0 atom stereocenters. The summed E-state index contributed by atoms with van der Waals surface area (Å²) in [4.78, 5) is 0. The van der Waals surface area contributed by atoms with Gasteiger partial charge in [0.25, 0.3) is 0 Å². The zero-order valence-electron chi connectivity index (χ0n) is 11.0. The van der Waals surface area contributed by atoms with Crippen molar-refractivity contribution in [1.29, 1.82) is 0 Å². The first-order chi connectivity index (χ1) is 7.91. The van der Waals surface area contributed by atoms with Crippen LogP contribution < -0.4 is 0 Å². The average molecular weight is 248 g/mol. The molecule has 0 radical (unpaired) electrons. The quantitative estimate of drug-likeness (QED) is 0.332. The molecule has 0 N–H and O–H groups in total. The summed E-state index contributed by atoms with van der Waals surface area (Å²) >= 11 is 1.09. The first-order valence-corrected chi connectivity index (χ1v) is 7.40. The fourth-order valence-electron chi connectivity index (χ4n) is 1.73. The molecule has 0 aliphatic rings. The van der Waals surface area contributed by atoms with E-state index in [1.54, 1.807) is 7.11 Å². The van der Waals surface area contributed by atoms with E-state index in [9.17, 15) is 0 Å². The van der Waals surface area contributed by atoms with Crippen LogP contribution >= 0.6 is 12.3 Å². The van der Waals surface area contributed by atoms with Crippen molar-refractivity contribution in [2.24, 2.45) is 0 Å². The first kappa shape index (κ1) is 16.3. The lowest BCUT2D eigenvalue weighted by atomic mass is 10.1. The van der Waals surface area contributed by atoms with Crippen LogP contribution in [0.3, 0.4) is 0 Å². The molecule has 0 amide bonds. The summed E-state index contributed by atoms with van der Waals surface area (Å²) in [5, 5.41) is 0. The minimum atomic E-state index is 0.814. The summed E-state index contributed by atoms with van der Waals surface area (Å²) in [6.07, 6.45) is 13.7. The summed E-state index contributed by atoms with van der Waals surface area (Å²) in [7, 11) is 1.63. The maximum absolute atomic E-state index is 5.15. The van der Waals surface area contributed by atoms with Gasteiger partial charge in [-0.2, -0.15) is 0 Å². The zero-order valence-corrected chi connectivity index (χ0v) is 11.8. The van der Waals surface area contributed by atoms with E-state index in [0.29, 0.717) is 0 Å². The van der Waals surface area contributed by atoms with Crippen LogP contribution in [0.15, 0.2) is 0 Å². The van der Waals surface area contributed by atoms with Gasteiger partial charge in [0, 0.05) is 0 Å². The van der Waals surface area contributed by atoms with Gasteiger partial charge in [-0.15, -0.1) is 0 Å². The lowest BCUT2D eigenvalue weighted by Gasteiger charge is -2.02. The van der Waals surface area contributed by atoms with Crippen LogP contribution in [0.2, 0.25) is 0 Å². The molecule has 2 nitrogen and oxygen atoms in total. The van der Waals surface area contributed by atoms with Crippen LogP contribution in [0, 0.1) is 0 Å². The highest BCUT2D eigenvalue weighted by Gasteiger charge is 1.93. The molecule has 0 bridgehead atoms. The standard InChI is InChI=1S/C13H28O2S/c1-3-4-5-6-7-8-9-10-11-12-13-15-16-14-2/h3-13H2,1-2H3. The summed E-state index contributed by atoms with van der Waals surface area (Å²) in [6.45, 7) is 3.08. The molecular formula is C13H28O2S. The largest absolute Gasteiger partial charge is 0.295 e. The molecule has 16 heavy (non-hydrogen) atoms. The maximum Gasteiger partial charge on any atom is 0.158 e. The second-order valence-corrected chi connectivity index (χ2v) is 4.94. The van der Waals surface area contributed by atoms with Gasteiger partial charge in [-0.05, 0) is 6.42 Å². The van der Waals surface area contributed by atoms with Gasteiger partial charge in [-0.25, -0.2) is 0 Å². The zero-order chi connectivity index (χ0) is 11.9. The Balaban J connectivity index is 2.83. The molecule has 0 saturated carbocycles. The van der Waals surface area contributed by atoms with E-state index >= 15 is 0 Å². The molecule has 0 fully saturated rings. The fourth-order valence-corrected chi connectivity index (χ4v) is 2.01. The van der Waals surface area contributed by atoms with Gasteiger partial charge in [0.05, 0.1) is 13.7 Å². The van der Waals surface area contributed by atoms with Crippen LogP contribution in [0.4, 0.5) is 0 Å². The van der Waals surface area contributed by atoms with E-state index in [2.05, 4.69) is 6.92 Å². The Bertz CT molecular complexity index is 107. The van der Waals surface area contributed by atoms with E-state index in [1.165, 1.54) is 57.8 Å². The lowest BCUT2D eigenvalue weighted by molar-refractivity contribution is 0.310. The first-order valence-electron chi connectivity index (χ1n) is 6.74. The van der Waals surface area contributed by atoms with Crippen LogP contribution in [-0.4, -0.2) is 13.7 Å². The van der Waals surface area contributed by atoms with E-state index in [4.69, 9.17) is 8.37 Å². The van der Waals surface area contributed by atoms with Gasteiger partial charge in [0.1, 0.15) is 0 Å². The molecule has 0 heterocycles. The number of rotatable bonds is 13. The van der Waals surface area contributed by atoms with Gasteiger partial charge in [-0.1, -0.05) is 64.7 Å². The molecule has 0 spiro atoms. The van der Waals surface area contributed by atoms with Gasteiger partial charge in [0.15, 0.2) is 12.3 Å². The summed E-state index contributed by atoms with van der Waals surface area (Å²) in [5.41, 5.74) is 0. The molecule has 98 valence electrons. The lowest BCUT2D eigenvalue weighted by Crippen LogP contribution is -1.88. The van der Waals surface area contributed by atoms with Crippen molar-refractivity contribution < 1.29 is 8.37 Å². The third kappa shape index (κ3) is 14.3. The topological polar surface area (TPSA) is 18.5 Å². The molecule has 0 saturated heterocycles. The van der Waals surface area contributed by atoms with Crippen LogP contribution in [0.25, 0.3) is 0 Å². The molecule has 0 aromatic carbocycles. The van der Waals surface area contributed by atoms with Crippen molar-refractivity contribution in [1.82, 2.24) is 0 Å². The molecule has 0 aliphatic carbocycles. The Morgan fingerprint density at radius 2 is 1.25 bits per heavy atom. The van der Waals surface area contributed by atoms with Crippen molar-refractivity contribution in [2.75, 3.05) is 13.7 Å². The minimum Gasteiger partial charge on any atom is -0.295 e. The highest BCUT2D eigenvalue weighted by atomic mass is 32.2. The smallest absolute Gasteiger partial charge is 0.158 e. The third-order valence-corrected chi connectivity index (χ3v) is 3.10. The molecule has 3 heteroatoms. The van der Waals surface area contributed by atoms with Crippen molar-refractivity contribution in [3.63, 3.8) is 0 Å². The van der Waals surface area contributed by atoms with Crippen molar-refractivity contribution in [2.45, 2.75) is 71.1 Å². The summed E-state index contributed by atoms with van der Waals surface area (Å²) in [5.74, 6) is 0. The van der Waals surface area contributed by atoms with Crippen molar-refractivity contribution in [3.8, 4) is 0 Å². The number of hydrogen-bond donors (Lipinski definition) is 0. The molecule has 0 aromatic heterocycles. The summed E-state index contributed by atoms with van der Waals surface area (Å²) in [6, 6.07) is 0. The second-order valence-electron chi connectivity index (χ2n) is 4.24. The average Bonchev–Trinajstić information content (AvgIpc) is 2.31. The maximum atomic E-state index is 5.15. The molecule has 0 rings (SSSR count). The van der Waals surface area contributed by atoms with E-state index in [-0.39, 0.29) is 0 Å². The monoisotopic (exact) mass is 248 g/mol. The van der Waals surface area contributed by atoms with E-state index < -0.39 is 0 Å². The summed E-state index contributed by atoms with van der Waals surface area (Å²) < 4.78 is 9.88. The predicted octanol–water partition coefficient (Wildman–Crippen LogP) is 5.13. The van der Waals surface area contributed by atoms with Crippen molar-refractivity contribution in [3.05, 3.63) is 0 Å². The van der Waals surface area contributed by atoms with Gasteiger partial charge < -0.3 is 0 Å². The second kappa shape index (κ2) is 15.3. The Morgan fingerprint density at radius 1 is 0.750 bits per heavy atom. The van der Waals surface area contributed by atoms with Crippen LogP contribution in [-0.2, 0) is 8.37 Å². The number of unbranched alkanes of at least 4 members (excludes halogenated alkanes) is 9. The Labute approximate surface area is 106 Å². The van der Waals surface area contributed by atoms with Gasteiger partial charge in [-0.3, -0.25) is 8.37 Å². The Hall–Kier alpha value is 0.270. The van der Waals surface area contributed by atoms with E-state index in [0.717, 1.165) is 25.4 Å². The molecule has 0 aliphatic heterocycles.